The fraction of sp³-hybridized carbons (Fsp3) is 0.429. The van der Waals surface area contributed by atoms with Gasteiger partial charge in [0.25, 0.3) is 5.91 Å². The molecule has 0 radical (unpaired) electrons. The Balaban J connectivity index is 1.21. The van der Waals surface area contributed by atoms with E-state index in [9.17, 15) is 9.59 Å². The van der Waals surface area contributed by atoms with Crippen molar-refractivity contribution in [2.75, 3.05) is 19.6 Å². The van der Waals surface area contributed by atoms with Gasteiger partial charge in [0, 0.05) is 31.7 Å². The zero-order valence-corrected chi connectivity index (χ0v) is 15.3. The van der Waals surface area contributed by atoms with Gasteiger partial charge in [-0.15, -0.1) is 0 Å². The second-order valence-corrected chi connectivity index (χ2v) is 7.43. The third kappa shape index (κ3) is 4.15. The summed E-state index contributed by atoms with van der Waals surface area (Å²) in [5.41, 5.74) is 1.66. The Morgan fingerprint density at radius 1 is 1.11 bits per heavy atom. The van der Waals surface area contributed by atoms with Crippen LogP contribution in [-0.4, -0.2) is 46.3 Å². The van der Waals surface area contributed by atoms with Gasteiger partial charge < -0.3 is 10.2 Å². The highest BCUT2D eigenvalue weighted by Gasteiger charge is 2.46. The zero-order chi connectivity index (χ0) is 18.6. The van der Waals surface area contributed by atoms with Crippen molar-refractivity contribution in [2.45, 2.75) is 25.2 Å². The van der Waals surface area contributed by atoms with Gasteiger partial charge in [0.1, 0.15) is 12.0 Å². The van der Waals surface area contributed by atoms with Crippen LogP contribution in [0.25, 0.3) is 0 Å². The Morgan fingerprint density at radius 2 is 1.89 bits per heavy atom. The summed E-state index contributed by atoms with van der Waals surface area (Å²) in [5.74, 6) is 1.08. The van der Waals surface area contributed by atoms with E-state index in [1.165, 1.54) is 11.9 Å². The number of hydrogen-bond donors (Lipinski definition) is 1. The molecule has 1 aromatic heterocycles. The largest absolute Gasteiger partial charge is 0.350 e. The van der Waals surface area contributed by atoms with Gasteiger partial charge in [-0.1, -0.05) is 30.3 Å². The first-order valence-corrected chi connectivity index (χ1v) is 9.60. The zero-order valence-electron chi connectivity index (χ0n) is 15.3. The van der Waals surface area contributed by atoms with Crippen LogP contribution in [-0.2, 0) is 4.79 Å². The minimum atomic E-state index is -0.167. The van der Waals surface area contributed by atoms with E-state index < -0.39 is 0 Å². The highest BCUT2D eigenvalue weighted by molar-refractivity contribution is 5.92. The lowest BCUT2D eigenvalue weighted by molar-refractivity contribution is -0.134. The molecule has 1 aromatic carbocycles. The number of rotatable bonds is 5. The molecule has 140 valence electrons. The lowest BCUT2D eigenvalue weighted by Gasteiger charge is -2.32. The molecule has 1 saturated carbocycles. The number of piperidine rings is 1. The van der Waals surface area contributed by atoms with E-state index in [0.717, 1.165) is 32.4 Å². The average molecular weight is 364 g/mol. The second kappa shape index (κ2) is 7.86. The third-order valence-corrected chi connectivity index (χ3v) is 5.63. The molecule has 0 bridgehead atoms. The number of carbonyl (C=O) groups excluding carboxylic acids is 2. The number of aromatic nitrogens is 2. The van der Waals surface area contributed by atoms with Gasteiger partial charge in [-0.3, -0.25) is 9.59 Å². The molecule has 2 atom stereocenters. The van der Waals surface area contributed by atoms with Crippen LogP contribution < -0.4 is 5.32 Å². The van der Waals surface area contributed by atoms with E-state index in [1.54, 1.807) is 12.3 Å². The highest BCUT2D eigenvalue weighted by atomic mass is 16.2. The smallest absolute Gasteiger partial charge is 0.270 e. The third-order valence-electron chi connectivity index (χ3n) is 5.63. The maximum absolute atomic E-state index is 12.7. The van der Waals surface area contributed by atoms with Gasteiger partial charge in [-0.25, -0.2) is 9.97 Å². The first-order valence-electron chi connectivity index (χ1n) is 9.60. The first-order chi connectivity index (χ1) is 13.2. The molecule has 2 aromatic rings. The van der Waals surface area contributed by atoms with Gasteiger partial charge >= 0.3 is 0 Å². The number of amides is 2. The van der Waals surface area contributed by atoms with Gasteiger partial charge in [-0.05, 0) is 42.7 Å². The molecule has 2 amide bonds. The summed E-state index contributed by atoms with van der Waals surface area (Å²) in [6.45, 7) is 2.19. The summed E-state index contributed by atoms with van der Waals surface area (Å²) in [4.78, 5) is 34.6. The monoisotopic (exact) mass is 364 g/mol. The quantitative estimate of drug-likeness (QED) is 0.883. The van der Waals surface area contributed by atoms with Crippen LogP contribution in [0.4, 0.5) is 0 Å². The maximum atomic E-state index is 12.7. The van der Waals surface area contributed by atoms with Crippen LogP contribution in [0.2, 0.25) is 0 Å². The Kier molecular flexibility index (Phi) is 5.14. The number of benzene rings is 1. The average Bonchev–Trinajstić information content (AvgIpc) is 3.54. The fourth-order valence-electron chi connectivity index (χ4n) is 3.88. The summed E-state index contributed by atoms with van der Waals surface area (Å²) < 4.78 is 0. The number of nitrogens with zero attached hydrogens (tertiary/aromatic N) is 3. The fourth-order valence-corrected chi connectivity index (χ4v) is 3.88. The molecule has 1 saturated heterocycles. The van der Waals surface area contributed by atoms with Gasteiger partial charge in [-0.2, -0.15) is 0 Å². The molecule has 6 nitrogen and oxygen atoms in total. The van der Waals surface area contributed by atoms with Crippen LogP contribution >= 0.6 is 0 Å². The summed E-state index contributed by atoms with van der Waals surface area (Å²) in [7, 11) is 0. The van der Waals surface area contributed by atoms with E-state index in [2.05, 4.69) is 27.4 Å². The van der Waals surface area contributed by atoms with Crippen LogP contribution in [0.5, 0.6) is 0 Å². The van der Waals surface area contributed by atoms with Crippen LogP contribution in [0, 0.1) is 11.8 Å². The van der Waals surface area contributed by atoms with Crippen LogP contribution in [0.1, 0.15) is 41.2 Å². The molecule has 1 N–H and O–H groups in total. The molecule has 2 aliphatic rings. The lowest BCUT2D eigenvalue weighted by atomic mass is 9.96. The Bertz CT molecular complexity index is 788. The van der Waals surface area contributed by atoms with Crippen molar-refractivity contribution in [2.24, 2.45) is 11.8 Å². The summed E-state index contributed by atoms with van der Waals surface area (Å²) in [5, 5.41) is 2.94. The Morgan fingerprint density at radius 3 is 2.59 bits per heavy atom. The van der Waals surface area contributed by atoms with E-state index >= 15 is 0 Å². The molecule has 0 spiro atoms. The minimum absolute atomic E-state index is 0.154. The second-order valence-electron chi connectivity index (χ2n) is 7.43. The predicted molar refractivity (Wildman–Crippen MR) is 101 cm³/mol. The van der Waals surface area contributed by atoms with Gasteiger partial charge in [0.2, 0.25) is 5.91 Å². The van der Waals surface area contributed by atoms with Crippen molar-refractivity contribution in [1.82, 2.24) is 20.2 Å². The number of carbonyl (C=O) groups is 2. The van der Waals surface area contributed by atoms with E-state index in [4.69, 9.17) is 0 Å². The highest BCUT2D eigenvalue weighted by Crippen LogP contribution is 2.48. The molecule has 1 aliphatic heterocycles. The van der Waals surface area contributed by atoms with E-state index in [-0.39, 0.29) is 11.8 Å². The van der Waals surface area contributed by atoms with Crippen molar-refractivity contribution in [3.63, 3.8) is 0 Å². The molecule has 4 rings (SSSR count). The topological polar surface area (TPSA) is 75.2 Å². The SMILES string of the molecule is O=C(NCC1CCN(C(=O)[C@@H]2C[C@H]2c2ccccc2)CC1)c1ccncn1. The van der Waals surface area contributed by atoms with Crippen LogP contribution in [0.3, 0.4) is 0 Å². The molecular weight excluding hydrogens is 340 g/mol. The number of likely N-dealkylation sites (tertiary alicyclic amines) is 1. The van der Waals surface area contributed by atoms with E-state index in [0.29, 0.717) is 30.0 Å². The standard InChI is InChI=1S/C21H24N4O2/c26-20(19-6-9-22-14-24-19)23-13-15-7-10-25(11-8-15)21(27)18-12-17(18)16-4-2-1-3-5-16/h1-6,9,14-15,17-18H,7-8,10-13H2,(H,23,26)/t17-,18+/m0/s1. The number of nitrogens with one attached hydrogen (secondary N) is 1. The summed E-state index contributed by atoms with van der Waals surface area (Å²) in [6, 6.07) is 11.9. The molecule has 6 heteroatoms. The van der Waals surface area contributed by atoms with Crippen LogP contribution in [0.15, 0.2) is 48.9 Å². The number of hydrogen-bond acceptors (Lipinski definition) is 4. The molecule has 2 heterocycles. The Hall–Kier alpha value is -2.76. The van der Waals surface area contributed by atoms with Crippen molar-refractivity contribution in [3.8, 4) is 0 Å². The maximum Gasteiger partial charge on any atom is 0.270 e. The normalized spacial score (nSPS) is 22.3. The molecular formula is C21H24N4O2. The minimum Gasteiger partial charge on any atom is -0.350 e. The van der Waals surface area contributed by atoms with Crippen molar-refractivity contribution < 1.29 is 9.59 Å². The predicted octanol–water partition coefficient (Wildman–Crippen LogP) is 2.25. The molecule has 0 unspecified atom stereocenters. The van der Waals surface area contributed by atoms with E-state index in [1.807, 2.05) is 23.1 Å². The van der Waals surface area contributed by atoms with Crippen molar-refractivity contribution in [3.05, 3.63) is 60.2 Å². The first kappa shape index (κ1) is 17.6. The van der Waals surface area contributed by atoms with Crippen molar-refractivity contribution >= 4 is 11.8 Å². The summed E-state index contributed by atoms with van der Waals surface area (Å²) >= 11 is 0. The Labute approximate surface area is 159 Å². The van der Waals surface area contributed by atoms with Gasteiger partial charge in [0.05, 0.1) is 0 Å². The molecule has 1 aliphatic carbocycles. The van der Waals surface area contributed by atoms with Gasteiger partial charge in [0.15, 0.2) is 0 Å². The summed E-state index contributed by atoms with van der Waals surface area (Å²) in [6.07, 6.45) is 5.76. The molecule has 2 fully saturated rings. The lowest BCUT2D eigenvalue weighted by Crippen LogP contribution is -2.42. The molecule has 27 heavy (non-hydrogen) atoms. The van der Waals surface area contributed by atoms with Crippen molar-refractivity contribution in [1.29, 1.82) is 0 Å².